The molecular formula is C12H15FN2O3. The van der Waals surface area contributed by atoms with Crippen molar-refractivity contribution in [1.29, 1.82) is 0 Å². The Morgan fingerprint density at radius 3 is 2.61 bits per heavy atom. The van der Waals surface area contributed by atoms with Crippen LogP contribution in [0.25, 0.3) is 0 Å². The standard InChI is InChI=1S/C12H15FN2O3/c1-7-5-9(13)3-4-10(7)15-12(18)11(17)14-8(2)6-16/h3-5,8,16H,6H2,1-2H3,(H,14,17)(H,15,18). The lowest BCUT2D eigenvalue weighted by molar-refractivity contribution is -0.136. The smallest absolute Gasteiger partial charge is 0.313 e. The second-order valence-electron chi connectivity index (χ2n) is 3.97. The van der Waals surface area contributed by atoms with Crippen molar-refractivity contribution in [2.75, 3.05) is 11.9 Å². The highest BCUT2D eigenvalue weighted by atomic mass is 19.1. The number of hydrogen-bond acceptors (Lipinski definition) is 3. The molecule has 0 saturated carbocycles. The average Bonchev–Trinajstić information content (AvgIpc) is 2.32. The SMILES string of the molecule is Cc1cc(F)ccc1NC(=O)C(=O)NC(C)CO. The van der Waals surface area contributed by atoms with Crippen LogP contribution in [0.15, 0.2) is 18.2 Å². The van der Waals surface area contributed by atoms with Crippen molar-refractivity contribution in [3.63, 3.8) is 0 Å². The van der Waals surface area contributed by atoms with Gasteiger partial charge in [0.15, 0.2) is 0 Å². The van der Waals surface area contributed by atoms with Crippen molar-refractivity contribution < 1.29 is 19.1 Å². The number of rotatable bonds is 3. The first-order chi connectivity index (χ1) is 8.43. The van der Waals surface area contributed by atoms with E-state index in [4.69, 9.17) is 5.11 Å². The number of carbonyl (C=O) groups excluding carboxylic acids is 2. The van der Waals surface area contributed by atoms with Gasteiger partial charge in [-0.1, -0.05) is 0 Å². The van der Waals surface area contributed by atoms with Gasteiger partial charge >= 0.3 is 11.8 Å². The molecule has 0 heterocycles. The van der Waals surface area contributed by atoms with E-state index in [0.717, 1.165) is 0 Å². The number of aliphatic hydroxyl groups is 1. The first kappa shape index (κ1) is 14.1. The number of aliphatic hydroxyl groups excluding tert-OH is 1. The first-order valence-electron chi connectivity index (χ1n) is 5.43. The number of amides is 2. The number of nitrogens with one attached hydrogen (secondary N) is 2. The molecule has 6 heteroatoms. The molecule has 1 rings (SSSR count). The van der Waals surface area contributed by atoms with E-state index in [1.54, 1.807) is 13.8 Å². The van der Waals surface area contributed by atoms with Crippen LogP contribution in [0.3, 0.4) is 0 Å². The first-order valence-corrected chi connectivity index (χ1v) is 5.43. The summed E-state index contributed by atoms with van der Waals surface area (Å²) in [5.41, 5.74) is 0.888. The van der Waals surface area contributed by atoms with E-state index in [9.17, 15) is 14.0 Å². The summed E-state index contributed by atoms with van der Waals surface area (Å²) < 4.78 is 12.8. The lowest BCUT2D eigenvalue weighted by Gasteiger charge is -2.11. The molecular weight excluding hydrogens is 239 g/mol. The van der Waals surface area contributed by atoms with Crippen LogP contribution in [0.4, 0.5) is 10.1 Å². The number of aryl methyl sites for hydroxylation is 1. The molecule has 1 aromatic rings. The molecule has 0 aromatic heterocycles. The van der Waals surface area contributed by atoms with Crippen molar-refractivity contribution in [1.82, 2.24) is 5.32 Å². The Morgan fingerprint density at radius 2 is 2.06 bits per heavy atom. The zero-order chi connectivity index (χ0) is 13.7. The number of halogens is 1. The van der Waals surface area contributed by atoms with Crippen molar-refractivity contribution in [3.8, 4) is 0 Å². The molecule has 0 aliphatic rings. The molecule has 0 bridgehead atoms. The van der Waals surface area contributed by atoms with Crippen LogP contribution in [0, 0.1) is 12.7 Å². The molecule has 3 N–H and O–H groups in total. The molecule has 0 radical (unpaired) electrons. The minimum Gasteiger partial charge on any atom is -0.394 e. The number of anilines is 1. The van der Waals surface area contributed by atoms with Gasteiger partial charge in [0, 0.05) is 11.7 Å². The number of benzene rings is 1. The van der Waals surface area contributed by atoms with Gasteiger partial charge in [0.25, 0.3) is 0 Å². The van der Waals surface area contributed by atoms with Gasteiger partial charge in [-0.3, -0.25) is 9.59 Å². The third kappa shape index (κ3) is 3.81. The summed E-state index contributed by atoms with van der Waals surface area (Å²) in [5.74, 6) is -2.12. The van der Waals surface area contributed by atoms with E-state index in [0.29, 0.717) is 11.3 Å². The summed E-state index contributed by atoms with van der Waals surface area (Å²) >= 11 is 0. The van der Waals surface area contributed by atoms with Gasteiger partial charge in [0.05, 0.1) is 6.61 Å². The normalized spacial score (nSPS) is 11.8. The largest absolute Gasteiger partial charge is 0.394 e. The lowest BCUT2D eigenvalue weighted by atomic mass is 10.2. The summed E-state index contributed by atoms with van der Waals surface area (Å²) in [6, 6.07) is 3.32. The van der Waals surface area contributed by atoms with E-state index in [-0.39, 0.29) is 6.61 Å². The summed E-state index contributed by atoms with van der Waals surface area (Å²) in [6.45, 7) is 2.93. The predicted molar refractivity (Wildman–Crippen MR) is 64.5 cm³/mol. The number of hydrogen-bond donors (Lipinski definition) is 3. The fourth-order valence-corrected chi connectivity index (χ4v) is 1.28. The fraction of sp³-hybridized carbons (Fsp3) is 0.333. The molecule has 0 aliphatic carbocycles. The van der Waals surface area contributed by atoms with E-state index in [1.807, 2.05) is 0 Å². The van der Waals surface area contributed by atoms with E-state index in [1.165, 1.54) is 18.2 Å². The van der Waals surface area contributed by atoms with Crippen molar-refractivity contribution >= 4 is 17.5 Å². The number of carbonyl (C=O) groups is 2. The summed E-state index contributed by atoms with van der Waals surface area (Å²) in [4.78, 5) is 22.9. The van der Waals surface area contributed by atoms with Gasteiger partial charge < -0.3 is 15.7 Å². The monoisotopic (exact) mass is 254 g/mol. The quantitative estimate of drug-likeness (QED) is 0.690. The van der Waals surface area contributed by atoms with Gasteiger partial charge in [-0.25, -0.2) is 4.39 Å². The molecule has 1 aromatic carbocycles. The molecule has 5 nitrogen and oxygen atoms in total. The van der Waals surface area contributed by atoms with Crippen molar-refractivity contribution in [3.05, 3.63) is 29.6 Å². The van der Waals surface area contributed by atoms with Crippen molar-refractivity contribution in [2.24, 2.45) is 0 Å². The maximum Gasteiger partial charge on any atom is 0.313 e. The second-order valence-corrected chi connectivity index (χ2v) is 3.97. The van der Waals surface area contributed by atoms with Gasteiger partial charge in [-0.15, -0.1) is 0 Å². The van der Waals surface area contributed by atoms with E-state index in [2.05, 4.69) is 10.6 Å². The molecule has 0 spiro atoms. The van der Waals surface area contributed by atoms with Crippen LogP contribution < -0.4 is 10.6 Å². The maximum atomic E-state index is 12.8. The Kier molecular flexibility index (Phi) is 4.79. The van der Waals surface area contributed by atoms with Gasteiger partial charge in [-0.2, -0.15) is 0 Å². The molecule has 1 unspecified atom stereocenters. The van der Waals surface area contributed by atoms with Crippen LogP contribution in [0.2, 0.25) is 0 Å². The third-order valence-corrected chi connectivity index (χ3v) is 2.29. The Balaban J connectivity index is 2.67. The molecule has 0 aliphatic heterocycles. The Hall–Kier alpha value is -1.95. The van der Waals surface area contributed by atoms with Gasteiger partial charge in [0.1, 0.15) is 5.82 Å². The Labute approximate surface area is 104 Å². The predicted octanol–water partition coefficient (Wildman–Crippen LogP) is 0.570. The van der Waals surface area contributed by atoms with Gasteiger partial charge in [0.2, 0.25) is 0 Å². The lowest BCUT2D eigenvalue weighted by Crippen LogP contribution is -2.42. The Bertz CT molecular complexity index is 463. The molecule has 0 saturated heterocycles. The van der Waals surface area contributed by atoms with E-state index >= 15 is 0 Å². The molecule has 1 atom stereocenters. The van der Waals surface area contributed by atoms with Crippen LogP contribution in [-0.2, 0) is 9.59 Å². The molecule has 0 fully saturated rings. The zero-order valence-electron chi connectivity index (χ0n) is 10.2. The molecule has 18 heavy (non-hydrogen) atoms. The summed E-state index contributed by atoms with van der Waals surface area (Å²) in [7, 11) is 0. The maximum absolute atomic E-state index is 12.8. The minimum absolute atomic E-state index is 0.255. The van der Waals surface area contributed by atoms with Crippen LogP contribution in [-0.4, -0.2) is 29.6 Å². The average molecular weight is 254 g/mol. The van der Waals surface area contributed by atoms with E-state index < -0.39 is 23.7 Å². The third-order valence-electron chi connectivity index (χ3n) is 2.29. The van der Waals surface area contributed by atoms with Crippen LogP contribution >= 0.6 is 0 Å². The second kappa shape index (κ2) is 6.11. The highest BCUT2D eigenvalue weighted by Gasteiger charge is 2.16. The highest BCUT2D eigenvalue weighted by molar-refractivity contribution is 6.39. The molecule has 98 valence electrons. The van der Waals surface area contributed by atoms with Gasteiger partial charge in [-0.05, 0) is 37.6 Å². The summed E-state index contributed by atoms with van der Waals surface area (Å²) in [5, 5.41) is 13.4. The molecule has 2 amide bonds. The zero-order valence-corrected chi connectivity index (χ0v) is 10.2. The Morgan fingerprint density at radius 1 is 1.39 bits per heavy atom. The highest BCUT2D eigenvalue weighted by Crippen LogP contribution is 2.15. The van der Waals surface area contributed by atoms with Crippen molar-refractivity contribution in [2.45, 2.75) is 19.9 Å². The van der Waals surface area contributed by atoms with Crippen LogP contribution in [0.5, 0.6) is 0 Å². The summed E-state index contributed by atoms with van der Waals surface area (Å²) in [6.07, 6.45) is 0. The topological polar surface area (TPSA) is 78.4 Å². The minimum atomic E-state index is -0.856. The fourth-order valence-electron chi connectivity index (χ4n) is 1.28. The van der Waals surface area contributed by atoms with Crippen LogP contribution in [0.1, 0.15) is 12.5 Å².